The molecule has 1 aliphatic heterocycles. The van der Waals surface area contributed by atoms with Crippen LogP contribution in [0.4, 0.5) is 13.2 Å². The predicted molar refractivity (Wildman–Crippen MR) is 124 cm³/mol. The molecule has 14 heteroatoms. The molecule has 3 aliphatic carbocycles. The van der Waals surface area contributed by atoms with Gasteiger partial charge in [-0.25, -0.2) is 22.5 Å². The van der Waals surface area contributed by atoms with Crippen LogP contribution in [0.2, 0.25) is 0 Å². The lowest BCUT2D eigenvalue weighted by Crippen LogP contribution is -2.70. The van der Waals surface area contributed by atoms with Gasteiger partial charge in [-0.1, -0.05) is 10.4 Å². The summed E-state index contributed by atoms with van der Waals surface area (Å²) in [6.07, 6.45) is 1.02. The highest BCUT2D eigenvalue weighted by atomic mass is 79.9. The smallest absolute Gasteiger partial charge is 0.173 e. The fourth-order valence-corrected chi connectivity index (χ4v) is 6.19. The lowest BCUT2D eigenvalue weighted by atomic mass is 9.47. The van der Waals surface area contributed by atoms with Gasteiger partial charge in [0, 0.05) is 44.6 Å². The highest BCUT2D eigenvalue weighted by molar-refractivity contribution is 9.10. The van der Waals surface area contributed by atoms with E-state index in [9.17, 15) is 23.4 Å². The van der Waals surface area contributed by atoms with Gasteiger partial charge in [-0.05, 0) is 28.1 Å². The van der Waals surface area contributed by atoms with E-state index in [1.807, 2.05) is 0 Å². The molecule has 2 bridgehead atoms. The topological polar surface area (TPSA) is 120 Å². The van der Waals surface area contributed by atoms with Crippen molar-refractivity contribution in [1.82, 2.24) is 30.0 Å². The van der Waals surface area contributed by atoms with E-state index in [1.165, 1.54) is 30.1 Å². The fraction of sp³-hybridized carbons (Fsp3) is 0.565. The van der Waals surface area contributed by atoms with E-state index >= 15 is 0 Å². The van der Waals surface area contributed by atoms with E-state index in [0.29, 0.717) is 25.0 Å². The summed E-state index contributed by atoms with van der Waals surface area (Å²) in [5.41, 5.74) is -0.832. The van der Waals surface area contributed by atoms with E-state index < -0.39 is 54.4 Å². The van der Waals surface area contributed by atoms with Crippen molar-refractivity contribution in [3.8, 4) is 11.3 Å². The Bertz CT molecular complexity index is 1320. The molecule has 0 radical (unpaired) electrons. The minimum absolute atomic E-state index is 0.0239. The number of aliphatic hydroxyl groups is 2. The van der Waals surface area contributed by atoms with Crippen LogP contribution in [-0.4, -0.2) is 84.0 Å². The molecular weight excluding hydrogens is 561 g/mol. The number of ether oxygens (including phenoxy) is 2. The molecule has 0 amide bonds. The highest BCUT2D eigenvalue weighted by Gasteiger charge is 2.71. The largest absolute Gasteiger partial charge is 0.394 e. The summed E-state index contributed by atoms with van der Waals surface area (Å²) >= 11 is 2.95. The molecule has 1 aromatic carbocycles. The van der Waals surface area contributed by atoms with Crippen molar-refractivity contribution >= 4 is 15.9 Å². The van der Waals surface area contributed by atoms with E-state index in [2.05, 4.69) is 36.6 Å². The highest BCUT2D eigenvalue weighted by Crippen LogP contribution is 2.67. The Morgan fingerprint density at radius 1 is 1.14 bits per heavy atom. The SMILES string of the molecule is CO[C@@H]1[C@@H](n2cc(-c3ccc(Br)c(F)c3F)nn2)[C@@H](O)[C@@H](CO)O[C@@H]1Cc1cn(C23CC(F)(C2)C3)nn1. The van der Waals surface area contributed by atoms with Crippen molar-refractivity contribution in [2.45, 2.75) is 67.3 Å². The number of nitrogens with zero attached hydrogens (tertiary/aromatic N) is 6. The van der Waals surface area contributed by atoms with Crippen LogP contribution in [0.5, 0.6) is 0 Å². The number of aromatic nitrogens is 6. The molecule has 2 N–H and O–H groups in total. The quantitative estimate of drug-likeness (QED) is 0.405. The predicted octanol–water partition coefficient (Wildman–Crippen LogP) is 2.10. The minimum atomic E-state index is -1.25. The number of hydrogen-bond acceptors (Lipinski definition) is 8. The summed E-state index contributed by atoms with van der Waals surface area (Å²) in [4.78, 5) is 0. The van der Waals surface area contributed by atoms with Crippen LogP contribution < -0.4 is 0 Å². The van der Waals surface area contributed by atoms with Crippen molar-refractivity contribution in [1.29, 1.82) is 0 Å². The Labute approximate surface area is 217 Å². The maximum Gasteiger partial charge on any atom is 0.173 e. The first-order valence-electron chi connectivity index (χ1n) is 11.8. The average molecular weight is 585 g/mol. The summed E-state index contributed by atoms with van der Waals surface area (Å²) < 4.78 is 57.3. The molecule has 0 unspecified atom stereocenters. The Morgan fingerprint density at radius 3 is 2.57 bits per heavy atom. The number of hydrogen-bond donors (Lipinski definition) is 2. The zero-order chi connectivity index (χ0) is 26.1. The van der Waals surface area contributed by atoms with Crippen molar-refractivity contribution in [2.24, 2.45) is 0 Å². The normalized spacial score (nSPS) is 34.7. The number of aliphatic hydroxyl groups excluding tert-OH is 2. The van der Waals surface area contributed by atoms with Gasteiger partial charge in [0.1, 0.15) is 35.7 Å². The fourth-order valence-electron chi connectivity index (χ4n) is 5.89. The van der Waals surface area contributed by atoms with Crippen molar-refractivity contribution < 1.29 is 32.9 Å². The molecule has 3 aromatic rings. The molecule has 5 atom stereocenters. The van der Waals surface area contributed by atoms with Gasteiger partial charge in [-0.2, -0.15) is 0 Å². The first-order valence-corrected chi connectivity index (χ1v) is 12.6. The third-order valence-corrected chi connectivity index (χ3v) is 8.35. The third kappa shape index (κ3) is 3.92. The molecule has 1 saturated heterocycles. The standard InChI is InChI=1S/C23H24BrF3N6O4/c1-36-21-15(4-11-5-33(31-28-11)23-8-22(27,9-23)10-23)37-16(7-34)20(35)19(21)32-6-14(29-30-32)12-2-3-13(24)18(26)17(12)25/h2-3,5-6,15-16,19-21,34-35H,4,7-10H2,1H3/t15-,16-,19+,20+,21+,22?,23?/m1/s1. The molecule has 4 aliphatic rings. The first kappa shape index (κ1) is 24.9. The van der Waals surface area contributed by atoms with Crippen LogP contribution in [0.1, 0.15) is 31.0 Å². The van der Waals surface area contributed by atoms with Crippen LogP contribution in [0.3, 0.4) is 0 Å². The Hall–Kier alpha value is -2.39. The molecule has 10 nitrogen and oxygen atoms in total. The molecule has 0 spiro atoms. The molecule has 2 aromatic heterocycles. The molecular formula is C23H24BrF3N6O4. The second kappa shape index (κ2) is 8.83. The maximum atomic E-state index is 14.5. The number of halogens is 4. The monoisotopic (exact) mass is 584 g/mol. The van der Waals surface area contributed by atoms with Crippen molar-refractivity contribution in [3.63, 3.8) is 0 Å². The van der Waals surface area contributed by atoms with E-state index in [-0.39, 0.29) is 27.7 Å². The number of alkyl halides is 1. The van der Waals surface area contributed by atoms with Gasteiger partial charge in [-0.3, -0.25) is 0 Å². The molecule has 198 valence electrons. The van der Waals surface area contributed by atoms with Crippen LogP contribution in [-0.2, 0) is 21.4 Å². The summed E-state index contributed by atoms with van der Waals surface area (Å²) in [5.74, 6) is -2.14. The zero-order valence-corrected chi connectivity index (χ0v) is 21.2. The lowest BCUT2D eigenvalue weighted by molar-refractivity contribution is -0.212. The van der Waals surface area contributed by atoms with Crippen LogP contribution >= 0.6 is 15.9 Å². The molecule has 3 heterocycles. The molecule has 3 saturated carbocycles. The lowest BCUT2D eigenvalue weighted by Gasteiger charge is -2.64. The van der Waals surface area contributed by atoms with Gasteiger partial charge >= 0.3 is 0 Å². The summed E-state index contributed by atoms with van der Waals surface area (Å²) in [7, 11) is 1.45. The maximum absolute atomic E-state index is 14.5. The first-order chi connectivity index (χ1) is 17.7. The van der Waals surface area contributed by atoms with Gasteiger partial charge in [0.05, 0.1) is 34.6 Å². The van der Waals surface area contributed by atoms with Gasteiger partial charge < -0.3 is 19.7 Å². The van der Waals surface area contributed by atoms with Gasteiger partial charge in [0.15, 0.2) is 11.6 Å². The van der Waals surface area contributed by atoms with Crippen LogP contribution in [0, 0.1) is 11.6 Å². The Morgan fingerprint density at radius 2 is 1.89 bits per heavy atom. The van der Waals surface area contributed by atoms with E-state index in [0.717, 1.165) is 0 Å². The zero-order valence-electron chi connectivity index (χ0n) is 19.6. The van der Waals surface area contributed by atoms with E-state index in [1.54, 1.807) is 10.9 Å². The third-order valence-electron chi connectivity index (χ3n) is 7.74. The second-order valence-electron chi connectivity index (χ2n) is 10.1. The van der Waals surface area contributed by atoms with Crippen LogP contribution in [0.25, 0.3) is 11.3 Å². The van der Waals surface area contributed by atoms with Gasteiger partial charge in [0.25, 0.3) is 0 Å². The minimum Gasteiger partial charge on any atom is -0.394 e. The summed E-state index contributed by atoms with van der Waals surface area (Å²) in [5, 5.41) is 37.3. The number of rotatable bonds is 7. The Balaban J connectivity index is 1.27. The molecule has 4 fully saturated rings. The van der Waals surface area contributed by atoms with Gasteiger partial charge in [0.2, 0.25) is 0 Å². The number of methoxy groups -OCH3 is 1. The van der Waals surface area contributed by atoms with Crippen molar-refractivity contribution in [2.75, 3.05) is 13.7 Å². The Kier molecular flexibility index (Phi) is 5.95. The summed E-state index contributed by atoms with van der Waals surface area (Å²) in [6, 6.07) is 1.86. The van der Waals surface area contributed by atoms with Crippen molar-refractivity contribution in [3.05, 3.63) is 46.3 Å². The number of benzene rings is 1. The van der Waals surface area contributed by atoms with E-state index in [4.69, 9.17) is 9.47 Å². The molecule has 7 rings (SSSR count). The second-order valence-corrected chi connectivity index (χ2v) is 11.0. The average Bonchev–Trinajstić information content (AvgIpc) is 3.50. The summed E-state index contributed by atoms with van der Waals surface area (Å²) in [6.45, 7) is -0.479. The molecule has 37 heavy (non-hydrogen) atoms. The van der Waals surface area contributed by atoms with Gasteiger partial charge in [-0.15, -0.1) is 10.2 Å². The van der Waals surface area contributed by atoms with Crippen LogP contribution in [0.15, 0.2) is 29.0 Å².